The molecule has 0 aliphatic carbocycles. The monoisotopic (exact) mass is 203 g/mol. The third-order valence-electron chi connectivity index (χ3n) is 1.40. The van der Waals surface area contributed by atoms with Crippen molar-refractivity contribution < 1.29 is 24.5 Å². The molecule has 0 fully saturated rings. The molecule has 0 saturated carbocycles. The number of hydrogen-bond donors (Lipinski definition) is 3. The Morgan fingerprint density at radius 2 is 2.21 bits per heavy atom. The minimum absolute atomic E-state index is 0.0295. The summed E-state index contributed by atoms with van der Waals surface area (Å²) >= 11 is 0. The number of carboxylic acids is 1. The summed E-state index contributed by atoms with van der Waals surface area (Å²) in [6, 6.07) is -0.912. The predicted octanol–water partition coefficient (Wildman–Crippen LogP) is -0.267. The van der Waals surface area contributed by atoms with Crippen molar-refractivity contribution in [3.8, 4) is 0 Å². The molecule has 0 aromatic heterocycles. The molecule has 0 heterocycles. The zero-order valence-electron chi connectivity index (χ0n) is 7.77. The topological polar surface area (TPSA) is 95.9 Å². The van der Waals surface area contributed by atoms with Gasteiger partial charge in [-0.25, -0.2) is 9.59 Å². The van der Waals surface area contributed by atoms with E-state index >= 15 is 0 Å². The maximum Gasteiger partial charge on any atom is 0.407 e. The molecule has 80 valence electrons. The van der Waals surface area contributed by atoms with Gasteiger partial charge in [-0.15, -0.1) is 0 Å². The van der Waals surface area contributed by atoms with Crippen LogP contribution in [-0.4, -0.2) is 41.0 Å². The van der Waals surface area contributed by atoms with Gasteiger partial charge in [-0.05, 0) is 6.92 Å². The van der Waals surface area contributed by atoms with Crippen LogP contribution in [0.2, 0.25) is 0 Å². The van der Waals surface area contributed by atoms with Gasteiger partial charge in [0.25, 0.3) is 0 Å². The van der Waals surface area contributed by atoms with Crippen LogP contribution in [0, 0.1) is 0 Å². The van der Waals surface area contributed by atoms with Gasteiger partial charge in [-0.1, -0.05) is 12.7 Å². The summed E-state index contributed by atoms with van der Waals surface area (Å²) < 4.78 is 4.52. The standard InChI is InChI=1S/C8H13NO5/c1-3-4-14-8(13)9-5(2)6(10)7(11)12/h3,5-6,10H,1,4H2,2H3,(H,9,13)(H,11,12). The van der Waals surface area contributed by atoms with Crippen LogP contribution in [0.25, 0.3) is 0 Å². The summed E-state index contributed by atoms with van der Waals surface area (Å²) in [5, 5.41) is 19.5. The van der Waals surface area contributed by atoms with Crippen LogP contribution in [0.3, 0.4) is 0 Å². The number of aliphatic hydroxyl groups excluding tert-OH is 1. The van der Waals surface area contributed by atoms with Gasteiger partial charge < -0.3 is 20.3 Å². The molecule has 0 aliphatic rings. The highest BCUT2D eigenvalue weighted by molar-refractivity contribution is 5.75. The average molecular weight is 203 g/mol. The molecular formula is C8H13NO5. The molecule has 0 saturated heterocycles. The normalized spacial score (nSPS) is 13.9. The van der Waals surface area contributed by atoms with Crippen LogP contribution >= 0.6 is 0 Å². The molecule has 6 nitrogen and oxygen atoms in total. The van der Waals surface area contributed by atoms with Gasteiger partial charge in [0.2, 0.25) is 0 Å². The summed E-state index contributed by atoms with van der Waals surface area (Å²) in [7, 11) is 0. The molecular weight excluding hydrogens is 190 g/mol. The molecule has 6 heteroatoms. The van der Waals surface area contributed by atoms with Crippen molar-refractivity contribution in [1.29, 1.82) is 0 Å². The molecule has 0 radical (unpaired) electrons. The second-order valence-electron chi connectivity index (χ2n) is 2.60. The number of aliphatic carboxylic acids is 1. The van der Waals surface area contributed by atoms with Gasteiger partial charge in [0.1, 0.15) is 6.61 Å². The molecule has 0 aromatic carbocycles. The largest absolute Gasteiger partial charge is 0.479 e. The fourth-order valence-electron chi connectivity index (χ4n) is 0.655. The van der Waals surface area contributed by atoms with Crippen molar-refractivity contribution in [2.45, 2.75) is 19.1 Å². The van der Waals surface area contributed by atoms with E-state index in [2.05, 4.69) is 16.6 Å². The molecule has 1 amide bonds. The molecule has 2 unspecified atom stereocenters. The molecule has 0 spiro atoms. The highest BCUT2D eigenvalue weighted by atomic mass is 16.5. The molecule has 0 aliphatic heterocycles. The Morgan fingerprint density at radius 3 is 2.64 bits per heavy atom. The van der Waals surface area contributed by atoms with E-state index in [0.717, 1.165) is 0 Å². The smallest absolute Gasteiger partial charge is 0.407 e. The average Bonchev–Trinajstić information content (AvgIpc) is 2.13. The lowest BCUT2D eigenvalue weighted by atomic mass is 10.2. The number of hydrogen-bond acceptors (Lipinski definition) is 4. The second-order valence-corrected chi connectivity index (χ2v) is 2.60. The first kappa shape index (κ1) is 12.4. The van der Waals surface area contributed by atoms with Gasteiger partial charge in [-0.2, -0.15) is 0 Å². The molecule has 2 atom stereocenters. The Hall–Kier alpha value is -1.56. The van der Waals surface area contributed by atoms with Crippen molar-refractivity contribution in [3.05, 3.63) is 12.7 Å². The summed E-state index contributed by atoms with van der Waals surface area (Å²) in [5.41, 5.74) is 0. The number of ether oxygens (including phenoxy) is 1. The van der Waals surface area contributed by atoms with Crippen LogP contribution in [0.1, 0.15) is 6.92 Å². The summed E-state index contributed by atoms with van der Waals surface area (Å²) in [5.74, 6) is -1.40. The Kier molecular flexibility index (Phi) is 5.31. The zero-order chi connectivity index (χ0) is 11.1. The van der Waals surface area contributed by atoms with Crippen LogP contribution < -0.4 is 5.32 Å². The summed E-state index contributed by atoms with van der Waals surface area (Å²) in [4.78, 5) is 21.1. The number of carbonyl (C=O) groups excluding carboxylic acids is 1. The van der Waals surface area contributed by atoms with Gasteiger partial charge in [0.15, 0.2) is 6.10 Å². The second kappa shape index (κ2) is 5.98. The zero-order valence-corrected chi connectivity index (χ0v) is 7.77. The number of amides is 1. The van der Waals surface area contributed by atoms with E-state index in [1.807, 2.05) is 0 Å². The van der Waals surface area contributed by atoms with Crippen molar-refractivity contribution in [2.75, 3.05) is 6.61 Å². The van der Waals surface area contributed by atoms with E-state index in [0.29, 0.717) is 0 Å². The maximum atomic E-state index is 10.9. The molecule has 0 bridgehead atoms. The van der Waals surface area contributed by atoms with Crippen molar-refractivity contribution in [2.24, 2.45) is 0 Å². The molecule has 0 aromatic rings. The van der Waals surface area contributed by atoms with Crippen LogP contribution in [-0.2, 0) is 9.53 Å². The molecule has 0 rings (SSSR count). The first-order valence-electron chi connectivity index (χ1n) is 3.94. The van der Waals surface area contributed by atoms with Gasteiger partial charge in [0, 0.05) is 0 Å². The number of nitrogens with one attached hydrogen (secondary N) is 1. The SMILES string of the molecule is C=CCOC(=O)NC(C)C(O)C(=O)O. The van der Waals surface area contributed by atoms with Crippen molar-refractivity contribution >= 4 is 12.1 Å². The molecule has 14 heavy (non-hydrogen) atoms. The van der Waals surface area contributed by atoms with Crippen molar-refractivity contribution in [1.82, 2.24) is 5.32 Å². The van der Waals surface area contributed by atoms with E-state index in [-0.39, 0.29) is 6.61 Å². The first-order chi connectivity index (χ1) is 6.49. The van der Waals surface area contributed by atoms with Gasteiger partial charge >= 0.3 is 12.1 Å². The minimum Gasteiger partial charge on any atom is -0.479 e. The number of aliphatic hydroxyl groups is 1. The molecule has 3 N–H and O–H groups in total. The van der Waals surface area contributed by atoms with E-state index in [9.17, 15) is 9.59 Å². The summed E-state index contributed by atoms with van der Waals surface area (Å²) in [6.07, 6.45) is -1.07. The summed E-state index contributed by atoms with van der Waals surface area (Å²) in [6.45, 7) is 4.71. The number of carbonyl (C=O) groups is 2. The predicted molar refractivity (Wildman–Crippen MR) is 47.8 cm³/mol. The minimum atomic E-state index is -1.65. The highest BCUT2D eigenvalue weighted by Crippen LogP contribution is 1.93. The third kappa shape index (κ3) is 4.46. The third-order valence-corrected chi connectivity index (χ3v) is 1.40. The fourth-order valence-corrected chi connectivity index (χ4v) is 0.655. The van der Waals surface area contributed by atoms with E-state index in [4.69, 9.17) is 10.2 Å². The van der Waals surface area contributed by atoms with Crippen LogP contribution in [0.15, 0.2) is 12.7 Å². The number of carboxylic acid groups (broad SMARTS) is 1. The van der Waals surface area contributed by atoms with E-state index in [1.54, 1.807) is 0 Å². The van der Waals surface area contributed by atoms with E-state index < -0.39 is 24.2 Å². The maximum absolute atomic E-state index is 10.9. The Morgan fingerprint density at radius 1 is 1.64 bits per heavy atom. The van der Waals surface area contributed by atoms with E-state index in [1.165, 1.54) is 13.0 Å². The van der Waals surface area contributed by atoms with Gasteiger partial charge in [0.05, 0.1) is 6.04 Å². The van der Waals surface area contributed by atoms with Crippen molar-refractivity contribution in [3.63, 3.8) is 0 Å². The lowest BCUT2D eigenvalue weighted by Gasteiger charge is -2.15. The quantitative estimate of drug-likeness (QED) is 0.534. The van der Waals surface area contributed by atoms with Gasteiger partial charge in [-0.3, -0.25) is 0 Å². The Bertz CT molecular complexity index is 228. The van der Waals surface area contributed by atoms with Crippen LogP contribution in [0.4, 0.5) is 4.79 Å². The lowest BCUT2D eigenvalue weighted by Crippen LogP contribution is -2.45. The Labute approximate surface area is 81.2 Å². The number of rotatable bonds is 5. The lowest BCUT2D eigenvalue weighted by molar-refractivity contribution is -0.147. The van der Waals surface area contributed by atoms with Crippen LogP contribution in [0.5, 0.6) is 0 Å². The fraction of sp³-hybridized carbons (Fsp3) is 0.500. The highest BCUT2D eigenvalue weighted by Gasteiger charge is 2.23. The number of alkyl carbamates (subject to hydrolysis) is 1. The first-order valence-corrected chi connectivity index (χ1v) is 3.94. The Balaban J connectivity index is 3.92.